The number of rotatable bonds is 6. The molecule has 0 radical (unpaired) electrons. The van der Waals surface area contributed by atoms with Gasteiger partial charge in [0.05, 0.1) is 18.8 Å². The molecule has 1 N–H and O–H groups in total. The molecule has 0 bridgehead atoms. The van der Waals surface area contributed by atoms with Gasteiger partial charge in [0.2, 0.25) is 0 Å². The van der Waals surface area contributed by atoms with Crippen molar-refractivity contribution in [1.82, 2.24) is 25.3 Å². The minimum absolute atomic E-state index is 0.185. The highest BCUT2D eigenvalue weighted by atomic mass is 35.5. The summed E-state index contributed by atoms with van der Waals surface area (Å²) in [6.07, 6.45) is 4.86. The topological polar surface area (TPSA) is 72.7 Å². The number of carbonyl (C=O) groups excluding carboxylic acids is 1. The lowest BCUT2D eigenvalue weighted by Gasteiger charge is -2.19. The fourth-order valence-corrected chi connectivity index (χ4v) is 3.16. The van der Waals surface area contributed by atoms with E-state index in [-0.39, 0.29) is 17.4 Å². The lowest BCUT2D eigenvalue weighted by atomic mass is 9.99. The normalized spacial score (nSPS) is 11.8. The molecule has 0 unspecified atom stereocenters. The lowest BCUT2D eigenvalue weighted by molar-refractivity contribution is 0.0938. The summed E-state index contributed by atoms with van der Waals surface area (Å²) in [4.78, 5) is 16.9. The second kappa shape index (κ2) is 8.84. The molecular formula is C22H17ClFN5O. The van der Waals surface area contributed by atoms with Crippen LogP contribution in [0.15, 0.2) is 79.3 Å². The molecule has 2 aromatic carbocycles. The third-order valence-corrected chi connectivity index (χ3v) is 4.80. The Balaban J connectivity index is 1.53. The number of hydrogen-bond donors (Lipinski definition) is 1. The fraction of sp³-hybridized carbons (Fsp3) is 0.0909. The number of nitrogens with zero attached hydrogens (tertiary/aromatic N) is 4. The molecule has 30 heavy (non-hydrogen) atoms. The van der Waals surface area contributed by atoms with E-state index in [0.29, 0.717) is 11.6 Å². The Morgan fingerprint density at radius 2 is 1.67 bits per heavy atom. The van der Waals surface area contributed by atoms with Gasteiger partial charge in [-0.25, -0.2) is 9.07 Å². The number of benzene rings is 2. The number of nitrogens with one attached hydrogen (secondary N) is 1. The van der Waals surface area contributed by atoms with E-state index in [9.17, 15) is 9.18 Å². The first-order valence-corrected chi connectivity index (χ1v) is 9.57. The highest BCUT2D eigenvalue weighted by molar-refractivity contribution is 6.30. The average molecular weight is 422 g/mol. The van der Waals surface area contributed by atoms with Crippen molar-refractivity contribution in [3.63, 3.8) is 0 Å². The zero-order valence-corrected chi connectivity index (χ0v) is 16.5. The molecule has 0 aliphatic carbocycles. The maximum absolute atomic E-state index is 13.4. The first-order chi connectivity index (χ1) is 14.6. The minimum Gasteiger partial charge on any atom is -0.340 e. The van der Waals surface area contributed by atoms with Gasteiger partial charge in [-0.3, -0.25) is 9.78 Å². The van der Waals surface area contributed by atoms with E-state index in [4.69, 9.17) is 11.6 Å². The molecule has 4 rings (SSSR count). The Bertz CT molecular complexity index is 1130. The summed E-state index contributed by atoms with van der Waals surface area (Å²) >= 11 is 5.91. The summed E-state index contributed by atoms with van der Waals surface area (Å²) in [5.74, 6) is -0.729. The lowest BCUT2D eigenvalue weighted by Crippen LogP contribution is -2.29. The Morgan fingerprint density at radius 1 is 1.00 bits per heavy atom. The van der Waals surface area contributed by atoms with Crippen molar-refractivity contribution in [3.8, 4) is 0 Å². The van der Waals surface area contributed by atoms with E-state index >= 15 is 0 Å². The molecule has 4 aromatic rings. The van der Waals surface area contributed by atoms with Gasteiger partial charge >= 0.3 is 0 Å². The van der Waals surface area contributed by atoms with Gasteiger partial charge in [0, 0.05) is 17.4 Å². The van der Waals surface area contributed by atoms with Crippen LogP contribution in [0.25, 0.3) is 0 Å². The van der Waals surface area contributed by atoms with Crippen LogP contribution in [-0.2, 0) is 6.54 Å². The molecule has 0 fully saturated rings. The zero-order chi connectivity index (χ0) is 20.9. The maximum atomic E-state index is 13.4. The van der Waals surface area contributed by atoms with Gasteiger partial charge in [-0.15, -0.1) is 5.10 Å². The van der Waals surface area contributed by atoms with Crippen LogP contribution in [0.5, 0.6) is 0 Å². The van der Waals surface area contributed by atoms with Crippen molar-refractivity contribution >= 4 is 17.5 Å². The van der Waals surface area contributed by atoms with Crippen LogP contribution in [0, 0.1) is 5.82 Å². The van der Waals surface area contributed by atoms with Gasteiger partial charge in [0.15, 0.2) is 5.69 Å². The van der Waals surface area contributed by atoms with Crippen LogP contribution in [-0.4, -0.2) is 25.9 Å². The van der Waals surface area contributed by atoms with E-state index in [0.717, 1.165) is 16.7 Å². The number of aromatic nitrogens is 4. The Morgan fingerprint density at radius 3 is 2.37 bits per heavy atom. The third kappa shape index (κ3) is 4.69. The Kier molecular flexibility index (Phi) is 5.81. The summed E-state index contributed by atoms with van der Waals surface area (Å²) in [5.41, 5.74) is 2.73. The molecule has 1 atom stereocenters. The second-order valence-electron chi connectivity index (χ2n) is 6.67. The predicted molar refractivity (Wildman–Crippen MR) is 111 cm³/mol. The molecule has 2 aromatic heterocycles. The van der Waals surface area contributed by atoms with E-state index in [1.54, 1.807) is 59.7 Å². The molecule has 0 aliphatic heterocycles. The third-order valence-electron chi connectivity index (χ3n) is 4.55. The van der Waals surface area contributed by atoms with Crippen LogP contribution in [0.3, 0.4) is 0 Å². The summed E-state index contributed by atoms with van der Waals surface area (Å²) in [6.45, 7) is 0.462. The van der Waals surface area contributed by atoms with E-state index in [2.05, 4.69) is 20.6 Å². The second-order valence-corrected chi connectivity index (χ2v) is 7.10. The van der Waals surface area contributed by atoms with Gasteiger partial charge < -0.3 is 5.32 Å². The quantitative estimate of drug-likeness (QED) is 0.510. The number of carbonyl (C=O) groups is 1. The van der Waals surface area contributed by atoms with Crippen LogP contribution >= 0.6 is 11.6 Å². The molecule has 0 spiro atoms. The molecule has 2 heterocycles. The highest BCUT2D eigenvalue weighted by Crippen LogP contribution is 2.22. The SMILES string of the molecule is O=C(N[C@H](c1ccncc1)c1ccc(F)cc1)c1cn(Cc2ccc(Cl)cc2)nn1. The van der Waals surface area contributed by atoms with Crippen molar-refractivity contribution in [3.05, 3.63) is 112 Å². The van der Waals surface area contributed by atoms with E-state index < -0.39 is 6.04 Å². The molecule has 8 heteroatoms. The van der Waals surface area contributed by atoms with Crippen LogP contribution < -0.4 is 5.32 Å². The van der Waals surface area contributed by atoms with Crippen molar-refractivity contribution in [2.24, 2.45) is 0 Å². The molecule has 0 aliphatic rings. The van der Waals surface area contributed by atoms with Gasteiger partial charge in [0.25, 0.3) is 5.91 Å². The first kappa shape index (κ1) is 19.7. The molecule has 1 amide bonds. The molecular weight excluding hydrogens is 405 g/mol. The minimum atomic E-state index is -0.484. The van der Waals surface area contributed by atoms with Gasteiger partial charge in [0.1, 0.15) is 5.82 Å². The molecule has 150 valence electrons. The molecule has 0 saturated carbocycles. The van der Waals surface area contributed by atoms with Crippen molar-refractivity contribution < 1.29 is 9.18 Å². The largest absolute Gasteiger partial charge is 0.340 e. The number of amides is 1. The van der Waals surface area contributed by atoms with Gasteiger partial charge in [-0.1, -0.05) is 41.1 Å². The van der Waals surface area contributed by atoms with Crippen molar-refractivity contribution in [2.75, 3.05) is 0 Å². The first-order valence-electron chi connectivity index (χ1n) is 9.19. The van der Waals surface area contributed by atoms with Crippen LogP contribution in [0.2, 0.25) is 5.02 Å². The number of halogens is 2. The zero-order valence-electron chi connectivity index (χ0n) is 15.7. The van der Waals surface area contributed by atoms with Crippen molar-refractivity contribution in [2.45, 2.75) is 12.6 Å². The average Bonchev–Trinajstić information content (AvgIpc) is 3.24. The highest BCUT2D eigenvalue weighted by Gasteiger charge is 2.20. The van der Waals surface area contributed by atoms with Crippen LogP contribution in [0.1, 0.15) is 33.2 Å². The summed E-state index contributed by atoms with van der Waals surface area (Å²) in [7, 11) is 0. The summed E-state index contributed by atoms with van der Waals surface area (Å²) < 4.78 is 14.9. The Hall–Kier alpha value is -3.58. The maximum Gasteiger partial charge on any atom is 0.274 e. The number of pyridine rings is 1. The number of hydrogen-bond acceptors (Lipinski definition) is 4. The monoisotopic (exact) mass is 421 g/mol. The summed E-state index contributed by atoms with van der Waals surface area (Å²) in [6, 6.07) is 16.5. The van der Waals surface area contributed by atoms with E-state index in [1.165, 1.54) is 12.1 Å². The van der Waals surface area contributed by atoms with Gasteiger partial charge in [-0.2, -0.15) is 0 Å². The Labute approximate surface area is 177 Å². The molecule has 6 nitrogen and oxygen atoms in total. The van der Waals surface area contributed by atoms with Crippen LogP contribution in [0.4, 0.5) is 4.39 Å². The van der Waals surface area contributed by atoms with Gasteiger partial charge in [-0.05, 0) is 53.1 Å². The smallest absolute Gasteiger partial charge is 0.274 e. The molecule has 0 saturated heterocycles. The van der Waals surface area contributed by atoms with E-state index in [1.807, 2.05) is 12.1 Å². The summed E-state index contributed by atoms with van der Waals surface area (Å²) in [5, 5.41) is 11.6. The standard InChI is InChI=1S/C22H17ClFN5O/c23-18-5-1-15(2-6-18)13-29-14-20(27-28-29)22(30)26-21(17-9-11-25-12-10-17)16-3-7-19(24)8-4-16/h1-12,14,21H,13H2,(H,26,30)/t21-/m0/s1. The predicted octanol–water partition coefficient (Wildman–Crippen LogP) is 4.03. The van der Waals surface area contributed by atoms with Crippen molar-refractivity contribution in [1.29, 1.82) is 0 Å². The fourth-order valence-electron chi connectivity index (χ4n) is 3.03.